The lowest BCUT2D eigenvalue weighted by Crippen LogP contribution is -2.20. The van der Waals surface area contributed by atoms with Crippen molar-refractivity contribution in [3.63, 3.8) is 0 Å². The van der Waals surface area contributed by atoms with Gasteiger partial charge in [-0.05, 0) is 30.7 Å². The molecular weight excluding hydrogens is 411 g/mol. The van der Waals surface area contributed by atoms with Crippen LogP contribution in [0.1, 0.15) is 12.6 Å². The van der Waals surface area contributed by atoms with Gasteiger partial charge < -0.3 is 9.88 Å². The number of pyridine rings is 1. The van der Waals surface area contributed by atoms with Gasteiger partial charge in [0.05, 0.1) is 12.0 Å². The molecule has 3 aromatic heterocycles. The van der Waals surface area contributed by atoms with Gasteiger partial charge in [0, 0.05) is 43.0 Å². The molecule has 8 nitrogen and oxygen atoms in total. The molecule has 0 aliphatic rings. The van der Waals surface area contributed by atoms with Gasteiger partial charge in [-0.3, -0.25) is 9.79 Å². The molecule has 0 unspecified atom stereocenters. The molecule has 1 N–H and O–H groups in total. The van der Waals surface area contributed by atoms with Gasteiger partial charge in [0.15, 0.2) is 0 Å². The summed E-state index contributed by atoms with van der Waals surface area (Å²) < 4.78 is 40.0. The van der Waals surface area contributed by atoms with Crippen molar-refractivity contribution in [2.24, 2.45) is 4.99 Å². The summed E-state index contributed by atoms with van der Waals surface area (Å²) in [6.45, 7) is 1.41. The van der Waals surface area contributed by atoms with Crippen LogP contribution < -0.4 is 5.32 Å². The van der Waals surface area contributed by atoms with E-state index >= 15 is 0 Å². The number of carbonyl (C=O) groups is 1. The molecule has 1 amide bonds. The summed E-state index contributed by atoms with van der Waals surface area (Å²) in [7, 11) is 1.07. The normalized spacial score (nSPS) is 12.7. The molecule has 31 heavy (non-hydrogen) atoms. The number of alkyl halides is 3. The second kappa shape index (κ2) is 9.28. The molecule has 0 saturated heterocycles. The lowest BCUT2D eigenvalue weighted by Gasteiger charge is -2.07. The van der Waals surface area contributed by atoms with Crippen LogP contribution in [0, 0.1) is 0 Å². The van der Waals surface area contributed by atoms with Crippen LogP contribution in [-0.4, -0.2) is 49.3 Å². The first-order valence-corrected chi connectivity index (χ1v) is 9.02. The number of hydrogen-bond acceptors (Lipinski definition) is 6. The van der Waals surface area contributed by atoms with Gasteiger partial charge in [0.2, 0.25) is 5.91 Å². The Bertz CT molecular complexity index is 1100. The van der Waals surface area contributed by atoms with Crippen molar-refractivity contribution < 1.29 is 18.0 Å². The summed E-state index contributed by atoms with van der Waals surface area (Å²) in [5, 5.41) is 2.66. The number of hydrogen-bond donors (Lipinski definition) is 1. The van der Waals surface area contributed by atoms with Crippen LogP contribution in [-0.2, 0) is 11.3 Å². The van der Waals surface area contributed by atoms with Crippen LogP contribution in [0.15, 0.2) is 60.6 Å². The number of amides is 1. The van der Waals surface area contributed by atoms with Gasteiger partial charge in [0.25, 0.3) is 0 Å². The van der Waals surface area contributed by atoms with Crippen LogP contribution in [0.3, 0.4) is 0 Å². The average Bonchev–Trinajstić information content (AvgIpc) is 3.20. The maximum atomic E-state index is 12.8. The van der Waals surface area contributed by atoms with Crippen LogP contribution in [0.2, 0.25) is 0 Å². The Balaban J connectivity index is 1.62. The van der Waals surface area contributed by atoms with Gasteiger partial charge in [-0.1, -0.05) is 0 Å². The summed E-state index contributed by atoms with van der Waals surface area (Å²) in [6.07, 6.45) is 5.54. The molecule has 0 spiro atoms. The molecule has 0 fully saturated rings. The predicted molar refractivity (Wildman–Crippen MR) is 109 cm³/mol. The van der Waals surface area contributed by atoms with Crippen molar-refractivity contribution in [3.8, 4) is 11.1 Å². The van der Waals surface area contributed by atoms with E-state index in [1.807, 2.05) is 0 Å². The Labute approximate surface area is 175 Å². The first kappa shape index (κ1) is 21.8. The highest BCUT2D eigenvalue weighted by Gasteiger charge is 2.33. The Morgan fingerprint density at radius 3 is 2.52 bits per heavy atom. The van der Waals surface area contributed by atoms with Gasteiger partial charge in [-0.2, -0.15) is 13.2 Å². The lowest BCUT2D eigenvalue weighted by atomic mass is 10.1. The van der Waals surface area contributed by atoms with E-state index < -0.39 is 11.9 Å². The van der Waals surface area contributed by atoms with Crippen molar-refractivity contribution in [1.82, 2.24) is 24.5 Å². The maximum absolute atomic E-state index is 12.8. The zero-order valence-electron chi connectivity index (χ0n) is 16.6. The highest BCUT2D eigenvalue weighted by molar-refractivity contribution is 6.04. The Hall–Kier alpha value is -3.89. The van der Waals surface area contributed by atoms with E-state index in [0.717, 1.165) is 24.3 Å². The number of anilines is 1. The molecule has 0 atom stereocenters. The minimum atomic E-state index is -4.55. The SMILES string of the molecule is C/N=C(\C=C(/C)c1cn(CC(=O)Nc2ccc(-c3cncnc3)cn2)cn1)C(F)(F)F. The minimum Gasteiger partial charge on any atom is -0.327 e. The fraction of sp³-hybridized carbons (Fsp3) is 0.200. The third-order valence-electron chi connectivity index (χ3n) is 4.17. The van der Waals surface area contributed by atoms with E-state index in [9.17, 15) is 18.0 Å². The predicted octanol–water partition coefficient (Wildman–Crippen LogP) is 3.41. The van der Waals surface area contributed by atoms with Crippen LogP contribution in [0.25, 0.3) is 16.7 Å². The number of carbonyl (C=O) groups excluding carboxylic acids is 1. The fourth-order valence-corrected chi connectivity index (χ4v) is 2.64. The van der Waals surface area contributed by atoms with Crippen molar-refractivity contribution in [1.29, 1.82) is 0 Å². The molecule has 3 rings (SSSR count). The van der Waals surface area contributed by atoms with E-state index in [0.29, 0.717) is 11.5 Å². The number of rotatable bonds is 6. The first-order valence-electron chi connectivity index (χ1n) is 9.02. The molecule has 0 aliphatic heterocycles. The topological polar surface area (TPSA) is 98.0 Å². The summed E-state index contributed by atoms with van der Waals surface area (Å²) in [6, 6.07) is 3.42. The first-order chi connectivity index (χ1) is 14.8. The van der Waals surface area contributed by atoms with Crippen molar-refractivity contribution in [3.05, 3.63) is 61.3 Å². The van der Waals surface area contributed by atoms with Gasteiger partial charge in [-0.15, -0.1) is 0 Å². The molecule has 160 valence electrons. The Morgan fingerprint density at radius 2 is 1.90 bits per heavy atom. The number of allylic oxidation sites excluding steroid dienone is 2. The number of nitrogens with zero attached hydrogens (tertiary/aromatic N) is 6. The highest BCUT2D eigenvalue weighted by Crippen LogP contribution is 2.21. The molecule has 0 aromatic carbocycles. The van der Waals surface area contributed by atoms with Gasteiger partial charge in [-0.25, -0.2) is 19.9 Å². The van der Waals surface area contributed by atoms with Crippen LogP contribution in [0.5, 0.6) is 0 Å². The molecule has 11 heteroatoms. The largest absolute Gasteiger partial charge is 0.432 e. The van der Waals surface area contributed by atoms with Crippen molar-refractivity contribution in [2.75, 3.05) is 12.4 Å². The number of imidazole rings is 1. The number of nitrogens with one attached hydrogen (secondary N) is 1. The molecule has 3 heterocycles. The lowest BCUT2D eigenvalue weighted by molar-refractivity contribution is -0.116. The molecule has 0 saturated carbocycles. The third-order valence-corrected chi connectivity index (χ3v) is 4.17. The van der Waals surface area contributed by atoms with Crippen LogP contribution in [0.4, 0.5) is 19.0 Å². The van der Waals surface area contributed by atoms with Crippen molar-refractivity contribution in [2.45, 2.75) is 19.6 Å². The monoisotopic (exact) mass is 429 g/mol. The fourth-order valence-electron chi connectivity index (χ4n) is 2.64. The summed E-state index contributed by atoms with van der Waals surface area (Å²) >= 11 is 0. The summed E-state index contributed by atoms with van der Waals surface area (Å²) in [5.74, 6) is -0.00373. The van der Waals surface area contributed by atoms with Crippen molar-refractivity contribution >= 4 is 23.0 Å². The zero-order chi connectivity index (χ0) is 22.4. The van der Waals surface area contributed by atoms with Crippen LogP contribution >= 0.6 is 0 Å². The summed E-state index contributed by atoms with van der Waals surface area (Å²) in [5.41, 5.74) is 1.18. The molecule has 3 aromatic rings. The minimum absolute atomic E-state index is 0.0791. The van der Waals surface area contributed by atoms with Gasteiger partial charge >= 0.3 is 6.18 Å². The quantitative estimate of drug-likeness (QED) is 0.606. The Kier molecular flexibility index (Phi) is 6.53. The summed E-state index contributed by atoms with van der Waals surface area (Å²) in [4.78, 5) is 31.7. The van der Waals surface area contributed by atoms with E-state index in [2.05, 4.69) is 30.2 Å². The average molecular weight is 429 g/mol. The standard InChI is InChI=1S/C20H18F3N7O/c1-13(5-17(24-2)20(21,22)23)16-9-30(12-28-16)10-19(31)29-18-4-3-14(8-27-18)15-6-25-11-26-7-15/h3-9,11-12H,10H2,1-2H3,(H,27,29,31)/b13-5+,24-17+. The Morgan fingerprint density at radius 1 is 1.16 bits per heavy atom. The highest BCUT2D eigenvalue weighted by atomic mass is 19.4. The number of aromatic nitrogens is 5. The molecule has 0 bridgehead atoms. The molecular formula is C20H18F3N7O. The van der Waals surface area contributed by atoms with E-state index in [4.69, 9.17) is 0 Å². The second-order valence-corrected chi connectivity index (χ2v) is 6.47. The van der Waals surface area contributed by atoms with E-state index in [1.165, 1.54) is 30.3 Å². The molecule has 0 aliphatic carbocycles. The smallest absolute Gasteiger partial charge is 0.327 e. The van der Waals surface area contributed by atoms with E-state index in [1.54, 1.807) is 30.7 Å². The van der Waals surface area contributed by atoms with Gasteiger partial charge in [0.1, 0.15) is 24.4 Å². The maximum Gasteiger partial charge on any atom is 0.432 e. The molecule has 0 radical (unpaired) electrons. The zero-order valence-corrected chi connectivity index (χ0v) is 16.6. The van der Waals surface area contributed by atoms with E-state index in [-0.39, 0.29) is 18.0 Å². The third kappa shape index (κ3) is 5.81. The number of aliphatic imine (C=N–C) groups is 1. The second-order valence-electron chi connectivity index (χ2n) is 6.47. The number of halogens is 3.